The van der Waals surface area contributed by atoms with Crippen LogP contribution >= 0.6 is 11.8 Å². The minimum absolute atomic E-state index is 0.0561. The van der Waals surface area contributed by atoms with Crippen LogP contribution < -0.4 is 14.8 Å². The van der Waals surface area contributed by atoms with Gasteiger partial charge in [-0.25, -0.2) is 9.97 Å². The Kier molecular flexibility index (Phi) is 6.74. The van der Waals surface area contributed by atoms with Crippen LogP contribution in [-0.4, -0.2) is 35.3 Å². The molecule has 0 aliphatic rings. The van der Waals surface area contributed by atoms with Gasteiger partial charge in [0.15, 0.2) is 16.7 Å². The molecule has 0 saturated carbocycles. The van der Waals surface area contributed by atoms with E-state index in [1.807, 2.05) is 0 Å². The third-order valence-corrected chi connectivity index (χ3v) is 3.68. The molecule has 0 bridgehead atoms. The Morgan fingerprint density at radius 1 is 1.29 bits per heavy atom. The van der Waals surface area contributed by atoms with Crippen molar-refractivity contribution in [3.63, 3.8) is 0 Å². The largest absolute Gasteiger partial charge is 0.493 e. The van der Waals surface area contributed by atoms with E-state index in [1.165, 1.54) is 31.0 Å². The highest BCUT2D eigenvalue weighted by atomic mass is 32.2. The van der Waals surface area contributed by atoms with Crippen LogP contribution in [0.25, 0.3) is 0 Å². The van der Waals surface area contributed by atoms with Crippen molar-refractivity contribution in [1.29, 1.82) is 0 Å². The lowest BCUT2D eigenvalue weighted by molar-refractivity contribution is -0.118. The predicted molar refractivity (Wildman–Crippen MR) is 84.2 cm³/mol. The molecule has 0 radical (unpaired) electrons. The second-order valence-electron chi connectivity index (χ2n) is 4.46. The number of hydrogen-bond acceptors (Lipinski definition) is 6. The summed E-state index contributed by atoms with van der Waals surface area (Å²) in [7, 11) is 1.35. The number of halogens is 2. The average molecular weight is 355 g/mol. The number of ether oxygens (including phenoxy) is 2. The zero-order valence-electron chi connectivity index (χ0n) is 12.7. The van der Waals surface area contributed by atoms with Gasteiger partial charge in [-0.15, -0.1) is 0 Å². The van der Waals surface area contributed by atoms with Gasteiger partial charge in [0.25, 0.3) is 0 Å². The van der Waals surface area contributed by atoms with Gasteiger partial charge >= 0.3 is 6.61 Å². The van der Waals surface area contributed by atoms with Crippen molar-refractivity contribution in [2.45, 2.75) is 18.3 Å². The van der Waals surface area contributed by atoms with Crippen LogP contribution in [0.1, 0.15) is 5.56 Å². The fourth-order valence-electron chi connectivity index (χ4n) is 1.76. The van der Waals surface area contributed by atoms with E-state index in [2.05, 4.69) is 20.0 Å². The van der Waals surface area contributed by atoms with Gasteiger partial charge in [0, 0.05) is 18.9 Å². The van der Waals surface area contributed by atoms with Crippen LogP contribution in [0.3, 0.4) is 0 Å². The highest BCUT2D eigenvalue weighted by Gasteiger charge is 2.11. The van der Waals surface area contributed by atoms with Gasteiger partial charge in [-0.3, -0.25) is 4.79 Å². The number of methoxy groups -OCH3 is 1. The maximum atomic E-state index is 12.3. The molecule has 0 aliphatic heterocycles. The molecule has 0 aliphatic carbocycles. The van der Waals surface area contributed by atoms with Crippen LogP contribution in [0, 0.1) is 0 Å². The summed E-state index contributed by atoms with van der Waals surface area (Å²) < 4.78 is 33.9. The van der Waals surface area contributed by atoms with E-state index in [-0.39, 0.29) is 29.7 Å². The molecular formula is C15H15F2N3O3S. The molecule has 1 amide bonds. The number of carbonyl (C=O) groups is 1. The fourth-order valence-corrected chi connectivity index (χ4v) is 2.39. The SMILES string of the molecule is COc1cc(CNC(=O)CSc2ncccn2)ccc1OC(F)F. The van der Waals surface area contributed by atoms with Crippen LogP contribution in [-0.2, 0) is 11.3 Å². The highest BCUT2D eigenvalue weighted by molar-refractivity contribution is 7.99. The zero-order valence-corrected chi connectivity index (χ0v) is 13.6. The van der Waals surface area contributed by atoms with E-state index in [1.54, 1.807) is 24.5 Å². The maximum absolute atomic E-state index is 12.3. The number of carbonyl (C=O) groups excluding carboxylic acids is 1. The fraction of sp³-hybridized carbons (Fsp3) is 0.267. The van der Waals surface area contributed by atoms with E-state index < -0.39 is 6.61 Å². The lowest BCUT2D eigenvalue weighted by Gasteiger charge is -2.12. The number of hydrogen-bond donors (Lipinski definition) is 1. The second-order valence-corrected chi connectivity index (χ2v) is 5.40. The number of benzene rings is 1. The maximum Gasteiger partial charge on any atom is 0.387 e. The summed E-state index contributed by atoms with van der Waals surface area (Å²) >= 11 is 1.22. The van der Waals surface area contributed by atoms with Gasteiger partial charge < -0.3 is 14.8 Å². The predicted octanol–water partition coefficient (Wildman–Crippen LogP) is 2.50. The molecule has 1 aromatic heterocycles. The number of amides is 1. The summed E-state index contributed by atoms with van der Waals surface area (Å²) in [6.45, 7) is -2.69. The van der Waals surface area contributed by atoms with E-state index in [9.17, 15) is 13.6 Å². The van der Waals surface area contributed by atoms with Crippen molar-refractivity contribution in [3.8, 4) is 11.5 Å². The third-order valence-electron chi connectivity index (χ3n) is 2.81. The second kappa shape index (κ2) is 9.02. The molecule has 128 valence electrons. The Labute approximate surface area is 141 Å². The number of thioether (sulfide) groups is 1. The van der Waals surface area contributed by atoms with Gasteiger partial charge in [0.2, 0.25) is 5.91 Å². The summed E-state index contributed by atoms with van der Waals surface area (Å²) in [5, 5.41) is 3.24. The third kappa shape index (κ3) is 5.65. The lowest BCUT2D eigenvalue weighted by atomic mass is 10.2. The average Bonchev–Trinajstić information content (AvgIpc) is 2.59. The van der Waals surface area contributed by atoms with E-state index in [4.69, 9.17) is 4.74 Å². The van der Waals surface area contributed by atoms with Gasteiger partial charge in [0.1, 0.15) is 0 Å². The van der Waals surface area contributed by atoms with Crippen molar-refractivity contribution in [1.82, 2.24) is 15.3 Å². The molecule has 1 aromatic carbocycles. The monoisotopic (exact) mass is 355 g/mol. The van der Waals surface area contributed by atoms with Gasteiger partial charge in [-0.05, 0) is 23.8 Å². The highest BCUT2D eigenvalue weighted by Crippen LogP contribution is 2.29. The number of alkyl halides is 2. The first-order valence-electron chi connectivity index (χ1n) is 6.86. The smallest absolute Gasteiger partial charge is 0.387 e. The number of rotatable bonds is 8. The molecular weight excluding hydrogens is 340 g/mol. The van der Waals surface area contributed by atoms with Crippen LogP contribution in [0.2, 0.25) is 0 Å². The topological polar surface area (TPSA) is 73.3 Å². The Bertz CT molecular complexity index is 674. The molecule has 1 heterocycles. The Morgan fingerprint density at radius 2 is 2.04 bits per heavy atom. The molecule has 0 atom stereocenters. The summed E-state index contributed by atoms with van der Waals surface area (Å²) in [5.41, 5.74) is 0.697. The molecule has 24 heavy (non-hydrogen) atoms. The van der Waals surface area contributed by atoms with Crippen molar-refractivity contribution in [2.75, 3.05) is 12.9 Å². The van der Waals surface area contributed by atoms with Crippen LogP contribution in [0.4, 0.5) is 8.78 Å². The first-order chi connectivity index (χ1) is 11.6. The summed E-state index contributed by atoms with van der Waals surface area (Å²) in [4.78, 5) is 19.8. The first-order valence-corrected chi connectivity index (χ1v) is 7.85. The molecule has 0 unspecified atom stereocenters. The minimum Gasteiger partial charge on any atom is -0.493 e. The Balaban J connectivity index is 1.86. The van der Waals surface area contributed by atoms with E-state index >= 15 is 0 Å². The zero-order chi connectivity index (χ0) is 17.4. The van der Waals surface area contributed by atoms with Crippen LogP contribution in [0.5, 0.6) is 11.5 Å². The molecule has 6 nitrogen and oxygen atoms in total. The number of nitrogens with one attached hydrogen (secondary N) is 1. The van der Waals surface area contributed by atoms with Crippen LogP contribution in [0.15, 0.2) is 41.8 Å². The standard InChI is InChI=1S/C15H15F2N3O3S/c1-22-12-7-10(3-4-11(12)23-14(16)17)8-20-13(21)9-24-15-18-5-2-6-19-15/h2-7,14H,8-9H2,1H3,(H,20,21). The Hall–Kier alpha value is -2.42. The first kappa shape index (κ1) is 17.9. The normalized spacial score (nSPS) is 10.5. The summed E-state index contributed by atoms with van der Waals surface area (Å²) in [6.07, 6.45) is 3.20. The van der Waals surface area contributed by atoms with Crippen molar-refractivity contribution >= 4 is 17.7 Å². The van der Waals surface area contributed by atoms with E-state index in [0.717, 1.165) is 0 Å². The molecule has 0 spiro atoms. The lowest BCUT2D eigenvalue weighted by Crippen LogP contribution is -2.24. The quantitative estimate of drug-likeness (QED) is 0.579. The molecule has 1 N–H and O–H groups in total. The van der Waals surface area contributed by atoms with Crippen molar-refractivity contribution in [3.05, 3.63) is 42.2 Å². The summed E-state index contributed by atoms with van der Waals surface area (Å²) in [5.74, 6) is 0.0982. The molecule has 0 saturated heterocycles. The number of nitrogens with zero attached hydrogens (tertiary/aromatic N) is 2. The molecule has 2 rings (SSSR count). The number of aromatic nitrogens is 2. The Morgan fingerprint density at radius 3 is 2.71 bits per heavy atom. The van der Waals surface area contributed by atoms with Crippen molar-refractivity contribution in [2.24, 2.45) is 0 Å². The van der Waals surface area contributed by atoms with Crippen molar-refractivity contribution < 1.29 is 23.0 Å². The minimum atomic E-state index is -2.93. The molecule has 0 fully saturated rings. The van der Waals surface area contributed by atoms with Gasteiger partial charge in [-0.2, -0.15) is 8.78 Å². The summed E-state index contributed by atoms with van der Waals surface area (Å²) in [6, 6.07) is 6.18. The van der Waals surface area contributed by atoms with E-state index in [0.29, 0.717) is 10.7 Å². The molecule has 2 aromatic rings. The van der Waals surface area contributed by atoms with Gasteiger partial charge in [0.05, 0.1) is 12.9 Å². The molecule has 9 heteroatoms. The van der Waals surface area contributed by atoms with Gasteiger partial charge in [-0.1, -0.05) is 17.8 Å².